The molecule has 8 nitrogen and oxygen atoms in total. The number of rotatable bonds is 8. The van der Waals surface area contributed by atoms with Gasteiger partial charge in [-0.1, -0.05) is 12.1 Å². The summed E-state index contributed by atoms with van der Waals surface area (Å²) in [5, 5.41) is 7.49. The lowest BCUT2D eigenvalue weighted by atomic mass is 10.0. The molecule has 2 aromatic heterocycles. The lowest BCUT2D eigenvalue weighted by molar-refractivity contribution is -0.120. The Labute approximate surface area is 214 Å². The van der Waals surface area contributed by atoms with Crippen LogP contribution in [0.4, 0.5) is 9.18 Å². The van der Waals surface area contributed by atoms with E-state index in [0.29, 0.717) is 30.2 Å². The molecule has 0 aliphatic rings. The molecule has 0 spiro atoms. The van der Waals surface area contributed by atoms with Crippen molar-refractivity contribution in [2.24, 2.45) is 0 Å². The molecule has 0 bridgehead atoms. The maximum atomic E-state index is 13.4. The Bertz CT molecular complexity index is 1390. The molecule has 37 heavy (non-hydrogen) atoms. The molecule has 190 valence electrons. The van der Waals surface area contributed by atoms with Crippen LogP contribution in [0.1, 0.15) is 31.9 Å². The number of halogens is 1. The summed E-state index contributed by atoms with van der Waals surface area (Å²) in [7, 11) is 0. The number of carbonyl (C=O) groups is 2. The Morgan fingerprint density at radius 1 is 1.08 bits per heavy atom. The van der Waals surface area contributed by atoms with Gasteiger partial charge in [0.05, 0.1) is 17.9 Å². The van der Waals surface area contributed by atoms with Crippen LogP contribution in [0, 0.1) is 5.82 Å². The molecule has 9 heteroatoms. The lowest BCUT2D eigenvalue weighted by Crippen LogP contribution is -2.32. The number of ether oxygens (including phenoxy) is 2. The lowest BCUT2D eigenvalue weighted by Gasteiger charge is -2.20. The largest absolute Gasteiger partial charge is 0.444 e. The third-order valence-corrected chi connectivity index (χ3v) is 5.29. The minimum absolute atomic E-state index is 0.179. The second kappa shape index (κ2) is 11.0. The van der Waals surface area contributed by atoms with Gasteiger partial charge < -0.3 is 14.8 Å². The van der Waals surface area contributed by atoms with E-state index in [0.717, 1.165) is 22.3 Å². The van der Waals surface area contributed by atoms with Crippen LogP contribution in [0.3, 0.4) is 0 Å². The first-order chi connectivity index (χ1) is 17.7. The molecule has 0 unspecified atom stereocenters. The van der Waals surface area contributed by atoms with E-state index in [1.165, 1.54) is 12.1 Å². The van der Waals surface area contributed by atoms with Crippen LogP contribution in [-0.4, -0.2) is 32.9 Å². The Balaban J connectivity index is 1.63. The van der Waals surface area contributed by atoms with Crippen molar-refractivity contribution in [1.82, 2.24) is 20.1 Å². The van der Waals surface area contributed by atoms with Crippen LogP contribution in [0.5, 0.6) is 5.75 Å². The van der Waals surface area contributed by atoms with E-state index in [1.54, 1.807) is 62.0 Å². The van der Waals surface area contributed by atoms with E-state index in [-0.39, 0.29) is 12.4 Å². The molecule has 2 aromatic carbocycles. The number of pyridine rings is 1. The fraction of sp³-hybridized carbons (Fsp3) is 0.214. The number of hydrogen-bond donors (Lipinski definition) is 1. The molecule has 0 saturated heterocycles. The van der Waals surface area contributed by atoms with Gasteiger partial charge in [0.25, 0.3) is 6.47 Å². The average Bonchev–Trinajstić information content (AvgIpc) is 3.31. The van der Waals surface area contributed by atoms with E-state index in [9.17, 15) is 14.0 Å². The Morgan fingerprint density at radius 3 is 2.59 bits per heavy atom. The smallest absolute Gasteiger partial charge is 0.407 e. The predicted octanol–water partition coefficient (Wildman–Crippen LogP) is 5.36. The highest BCUT2D eigenvalue weighted by molar-refractivity contribution is 5.72. The predicted molar refractivity (Wildman–Crippen MR) is 136 cm³/mol. The van der Waals surface area contributed by atoms with Crippen LogP contribution in [-0.2, 0) is 22.6 Å². The number of nitrogens with zero attached hydrogens (tertiary/aromatic N) is 3. The SMILES string of the molecule is CC(C)(C)OC(=O)NCc1cnc(-c2ccc(F)cc2)cc1-c1ccn(Cc2cccc(OC=O)c2)n1. The zero-order valence-electron chi connectivity index (χ0n) is 20.8. The van der Waals surface area contributed by atoms with Crippen molar-refractivity contribution >= 4 is 12.6 Å². The van der Waals surface area contributed by atoms with Crippen LogP contribution < -0.4 is 10.1 Å². The first kappa shape index (κ1) is 25.6. The summed E-state index contributed by atoms with van der Waals surface area (Å²) < 4.78 is 25.5. The number of amides is 1. The number of benzene rings is 2. The van der Waals surface area contributed by atoms with Gasteiger partial charge in [-0.05, 0) is 80.4 Å². The number of alkyl carbamates (subject to hydrolysis) is 1. The summed E-state index contributed by atoms with van der Waals surface area (Å²) in [4.78, 5) is 27.4. The molecule has 0 aliphatic carbocycles. The van der Waals surface area contributed by atoms with Gasteiger partial charge in [-0.2, -0.15) is 5.10 Å². The van der Waals surface area contributed by atoms with E-state index in [2.05, 4.69) is 10.3 Å². The summed E-state index contributed by atoms with van der Waals surface area (Å²) in [6.45, 7) is 6.41. The van der Waals surface area contributed by atoms with Crippen molar-refractivity contribution in [3.63, 3.8) is 0 Å². The zero-order valence-corrected chi connectivity index (χ0v) is 20.8. The van der Waals surface area contributed by atoms with Crippen molar-refractivity contribution in [3.05, 3.63) is 90.0 Å². The number of carbonyl (C=O) groups excluding carboxylic acids is 2. The molecule has 0 radical (unpaired) electrons. The van der Waals surface area contributed by atoms with E-state index >= 15 is 0 Å². The minimum Gasteiger partial charge on any atom is -0.444 e. The zero-order chi connectivity index (χ0) is 26.4. The summed E-state index contributed by atoms with van der Waals surface area (Å²) in [6.07, 6.45) is 2.97. The van der Waals surface area contributed by atoms with Gasteiger partial charge in [0.15, 0.2) is 0 Å². The van der Waals surface area contributed by atoms with Crippen molar-refractivity contribution in [2.45, 2.75) is 39.5 Å². The van der Waals surface area contributed by atoms with Crippen LogP contribution in [0.25, 0.3) is 22.5 Å². The highest BCUT2D eigenvalue weighted by Crippen LogP contribution is 2.28. The molecular weight excluding hydrogens is 475 g/mol. The van der Waals surface area contributed by atoms with Gasteiger partial charge in [-0.25, -0.2) is 9.18 Å². The van der Waals surface area contributed by atoms with Crippen LogP contribution in [0.15, 0.2) is 73.1 Å². The maximum Gasteiger partial charge on any atom is 0.407 e. The topological polar surface area (TPSA) is 95.3 Å². The second-order valence-electron chi connectivity index (χ2n) is 9.35. The number of nitrogens with one attached hydrogen (secondary N) is 1. The molecule has 4 aromatic rings. The Hall–Kier alpha value is -4.53. The van der Waals surface area contributed by atoms with Gasteiger partial charge >= 0.3 is 6.09 Å². The van der Waals surface area contributed by atoms with Crippen molar-refractivity contribution in [3.8, 4) is 28.3 Å². The number of hydrogen-bond acceptors (Lipinski definition) is 6. The highest BCUT2D eigenvalue weighted by atomic mass is 19.1. The molecule has 0 fully saturated rings. The van der Waals surface area contributed by atoms with Crippen molar-refractivity contribution in [2.75, 3.05) is 0 Å². The third-order valence-electron chi connectivity index (χ3n) is 5.29. The van der Waals surface area contributed by atoms with Gasteiger partial charge in [-0.3, -0.25) is 14.5 Å². The van der Waals surface area contributed by atoms with Gasteiger partial charge in [-0.15, -0.1) is 0 Å². The highest BCUT2D eigenvalue weighted by Gasteiger charge is 2.18. The second-order valence-corrected chi connectivity index (χ2v) is 9.35. The molecule has 0 saturated carbocycles. The van der Waals surface area contributed by atoms with E-state index in [4.69, 9.17) is 14.6 Å². The van der Waals surface area contributed by atoms with Crippen molar-refractivity contribution in [1.29, 1.82) is 0 Å². The first-order valence-electron chi connectivity index (χ1n) is 11.6. The molecule has 4 rings (SSSR count). The van der Waals surface area contributed by atoms with E-state index in [1.807, 2.05) is 24.4 Å². The minimum atomic E-state index is -0.621. The molecule has 2 heterocycles. The average molecular weight is 503 g/mol. The fourth-order valence-corrected chi connectivity index (χ4v) is 3.68. The molecule has 1 amide bonds. The summed E-state index contributed by atoms with van der Waals surface area (Å²) in [5.41, 5.74) is 3.86. The Morgan fingerprint density at radius 2 is 1.86 bits per heavy atom. The third kappa shape index (κ3) is 7.00. The maximum absolute atomic E-state index is 13.4. The molecule has 1 N–H and O–H groups in total. The number of aromatic nitrogens is 3. The Kier molecular flexibility index (Phi) is 7.62. The summed E-state index contributed by atoms with van der Waals surface area (Å²) in [6, 6.07) is 17.0. The molecule has 0 aliphatic heterocycles. The monoisotopic (exact) mass is 502 g/mol. The van der Waals surface area contributed by atoms with Gasteiger partial charge in [0.2, 0.25) is 0 Å². The normalized spacial score (nSPS) is 11.1. The first-order valence-corrected chi connectivity index (χ1v) is 11.6. The summed E-state index contributed by atoms with van der Waals surface area (Å²) in [5.74, 6) is 0.122. The van der Waals surface area contributed by atoms with Gasteiger partial charge in [0, 0.05) is 30.1 Å². The van der Waals surface area contributed by atoms with Crippen LogP contribution in [0.2, 0.25) is 0 Å². The van der Waals surface area contributed by atoms with Crippen molar-refractivity contribution < 1.29 is 23.5 Å². The summed E-state index contributed by atoms with van der Waals surface area (Å²) >= 11 is 0. The van der Waals surface area contributed by atoms with Crippen LogP contribution >= 0.6 is 0 Å². The quantitative estimate of drug-likeness (QED) is 0.326. The van der Waals surface area contributed by atoms with E-state index < -0.39 is 11.7 Å². The van der Waals surface area contributed by atoms with Gasteiger partial charge in [0.1, 0.15) is 17.2 Å². The molecular formula is C28H27FN4O4. The standard InChI is InChI=1S/C28H27FN4O4/c1-28(2,3)37-27(35)31-16-21-15-30-26(20-7-9-22(29)10-8-20)14-24(21)25-11-12-33(32-25)17-19-5-4-6-23(13-19)36-18-34/h4-15,18H,16-17H2,1-3H3,(H,31,35). The fourth-order valence-electron chi connectivity index (χ4n) is 3.68. The molecule has 0 atom stereocenters.